The zero-order chi connectivity index (χ0) is 13.9. The third kappa shape index (κ3) is 2.60. The van der Waals surface area contributed by atoms with Gasteiger partial charge in [-0.25, -0.2) is 0 Å². The Bertz CT molecular complexity index is 596. The summed E-state index contributed by atoms with van der Waals surface area (Å²) in [4.78, 5) is 6.74. The molecule has 1 heterocycles. The van der Waals surface area contributed by atoms with E-state index in [-0.39, 0.29) is 6.61 Å². The Morgan fingerprint density at radius 1 is 1.25 bits per heavy atom. The van der Waals surface area contributed by atoms with E-state index in [2.05, 4.69) is 9.88 Å². The first-order chi connectivity index (χ1) is 9.79. The van der Waals surface area contributed by atoms with Crippen LogP contribution in [0.5, 0.6) is 0 Å². The topological polar surface area (TPSA) is 36.4 Å². The van der Waals surface area contributed by atoms with Gasteiger partial charge in [-0.2, -0.15) is 0 Å². The number of fused-ring (bicyclic) bond motifs is 1. The van der Waals surface area contributed by atoms with E-state index in [1.165, 1.54) is 25.7 Å². The van der Waals surface area contributed by atoms with E-state index in [9.17, 15) is 5.11 Å². The van der Waals surface area contributed by atoms with Crippen LogP contribution in [0.25, 0.3) is 10.9 Å². The Labute approximate surface area is 124 Å². The third-order valence-electron chi connectivity index (χ3n) is 4.10. The van der Waals surface area contributed by atoms with Crippen LogP contribution >= 0.6 is 11.6 Å². The number of halogens is 1. The van der Waals surface area contributed by atoms with Crippen molar-refractivity contribution in [3.63, 3.8) is 0 Å². The summed E-state index contributed by atoms with van der Waals surface area (Å²) in [5.74, 6) is 0. The lowest BCUT2D eigenvalue weighted by Crippen LogP contribution is -2.35. The Morgan fingerprint density at radius 2 is 2.05 bits per heavy atom. The van der Waals surface area contributed by atoms with E-state index in [4.69, 9.17) is 11.6 Å². The molecule has 0 atom stereocenters. The Hall–Kier alpha value is -1.32. The predicted molar refractivity (Wildman–Crippen MR) is 83.4 cm³/mol. The van der Waals surface area contributed by atoms with Crippen LogP contribution in [0.15, 0.2) is 30.5 Å². The molecule has 1 saturated carbocycles. The van der Waals surface area contributed by atoms with E-state index >= 15 is 0 Å². The summed E-state index contributed by atoms with van der Waals surface area (Å²) in [5, 5.41) is 11.2. The van der Waals surface area contributed by atoms with Gasteiger partial charge >= 0.3 is 0 Å². The normalized spacial score (nSPS) is 15.9. The molecule has 3 nitrogen and oxygen atoms in total. The summed E-state index contributed by atoms with van der Waals surface area (Å²) in [7, 11) is 0. The first-order valence-corrected chi connectivity index (χ1v) is 7.59. The van der Waals surface area contributed by atoms with Gasteiger partial charge in [0, 0.05) is 34.9 Å². The Balaban J connectivity index is 2.05. The van der Waals surface area contributed by atoms with Gasteiger partial charge in [0.05, 0.1) is 12.1 Å². The minimum atomic E-state index is 0.175. The molecule has 1 aromatic heterocycles. The Kier molecular flexibility index (Phi) is 4.08. The van der Waals surface area contributed by atoms with E-state index < -0.39 is 0 Å². The minimum absolute atomic E-state index is 0.175. The molecule has 20 heavy (non-hydrogen) atoms. The highest BCUT2D eigenvalue weighted by atomic mass is 35.5. The van der Waals surface area contributed by atoms with Crippen LogP contribution in [0.1, 0.15) is 25.7 Å². The molecule has 0 bridgehead atoms. The molecule has 0 aliphatic heterocycles. The number of aromatic nitrogens is 1. The van der Waals surface area contributed by atoms with Crippen molar-refractivity contribution in [1.82, 2.24) is 4.98 Å². The van der Waals surface area contributed by atoms with Gasteiger partial charge in [0.1, 0.15) is 0 Å². The fraction of sp³-hybridized carbons (Fsp3) is 0.438. The van der Waals surface area contributed by atoms with Crippen LogP contribution in [-0.4, -0.2) is 29.3 Å². The van der Waals surface area contributed by atoms with Crippen LogP contribution in [0.2, 0.25) is 5.02 Å². The maximum Gasteiger partial charge on any atom is 0.0737 e. The maximum absolute atomic E-state index is 9.40. The van der Waals surface area contributed by atoms with Gasteiger partial charge in [0.15, 0.2) is 0 Å². The average Bonchev–Trinajstić information content (AvgIpc) is 2.98. The summed E-state index contributed by atoms with van der Waals surface area (Å²) in [6.07, 6.45) is 6.80. The lowest BCUT2D eigenvalue weighted by atomic mass is 10.1. The van der Waals surface area contributed by atoms with Gasteiger partial charge in [0.25, 0.3) is 0 Å². The van der Waals surface area contributed by atoms with E-state index in [0.29, 0.717) is 17.6 Å². The van der Waals surface area contributed by atoms with E-state index in [1.54, 1.807) is 0 Å². The smallest absolute Gasteiger partial charge is 0.0737 e. The van der Waals surface area contributed by atoms with E-state index in [1.807, 2.05) is 30.5 Å². The molecule has 1 aliphatic rings. The summed E-state index contributed by atoms with van der Waals surface area (Å²) in [5.41, 5.74) is 2.07. The highest BCUT2D eigenvalue weighted by molar-refractivity contribution is 6.31. The summed E-state index contributed by atoms with van der Waals surface area (Å²) < 4.78 is 0. The minimum Gasteiger partial charge on any atom is -0.395 e. The third-order valence-corrected chi connectivity index (χ3v) is 4.33. The summed E-state index contributed by atoms with van der Waals surface area (Å²) in [6, 6.07) is 8.40. The average molecular weight is 291 g/mol. The molecule has 0 spiro atoms. The van der Waals surface area contributed by atoms with Crippen molar-refractivity contribution < 1.29 is 5.11 Å². The summed E-state index contributed by atoms with van der Waals surface area (Å²) >= 11 is 6.05. The fourth-order valence-corrected chi connectivity index (χ4v) is 3.35. The first kappa shape index (κ1) is 13.7. The molecule has 3 rings (SSSR count). The zero-order valence-corrected chi connectivity index (χ0v) is 12.2. The van der Waals surface area contributed by atoms with Crippen molar-refractivity contribution in [2.45, 2.75) is 31.7 Å². The molecule has 0 unspecified atom stereocenters. The lowest BCUT2D eigenvalue weighted by molar-refractivity contribution is 0.297. The number of rotatable bonds is 4. The molecule has 1 aliphatic carbocycles. The van der Waals surface area contributed by atoms with Crippen molar-refractivity contribution in [2.24, 2.45) is 0 Å². The summed E-state index contributed by atoms with van der Waals surface area (Å²) in [6.45, 7) is 0.848. The van der Waals surface area contributed by atoms with Gasteiger partial charge in [-0.1, -0.05) is 24.4 Å². The molecular formula is C16H19ClN2O. The number of hydrogen-bond acceptors (Lipinski definition) is 3. The molecule has 1 N–H and O–H groups in total. The van der Waals surface area contributed by atoms with Crippen molar-refractivity contribution in [2.75, 3.05) is 18.1 Å². The van der Waals surface area contributed by atoms with Crippen LogP contribution in [0.4, 0.5) is 5.69 Å². The first-order valence-electron chi connectivity index (χ1n) is 7.21. The second-order valence-corrected chi connectivity index (χ2v) is 5.78. The van der Waals surface area contributed by atoms with Crippen molar-refractivity contribution >= 4 is 28.2 Å². The molecule has 1 fully saturated rings. The van der Waals surface area contributed by atoms with Gasteiger partial charge in [-0.15, -0.1) is 0 Å². The number of nitrogens with zero attached hydrogens (tertiary/aromatic N) is 2. The van der Waals surface area contributed by atoms with Crippen LogP contribution in [-0.2, 0) is 0 Å². The number of pyridine rings is 1. The number of aliphatic hydroxyl groups is 1. The number of anilines is 1. The van der Waals surface area contributed by atoms with E-state index in [0.717, 1.165) is 16.6 Å². The molecule has 106 valence electrons. The van der Waals surface area contributed by atoms with Gasteiger partial charge in [-0.3, -0.25) is 4.98 Å². The second-order valence-electron chi connectivity index (χ2n) is 5.35. The highest BCUT2D eigenvalue weighted by Crippen LogP contribution is 2.33. The zero-order valence-electron chi connectivity index (χ0n) is 11.4. The number of hydrogen-bond donors (Lipinski definition) is 1. The maximum atomic E-state index is 9.40. The Morgan fingerprint density at radius 3 is 2.80 bits per heavy atom. The SMILES string of the molecule is OCCN(c1ccnc2cc(Cl)ccc12)C1CCCC1. The number of benzene rings is 1. The van der Waals surface area contributed by atoms with Gasteiger partial charge < -0.3 is 10.0 Å². The highest BCUT2D eigenvalue weighted by Gasteiger charge is 2.23. The fourth-order valence-electron chi connectivity index (χ4n) is 3.18. The molecule has 0 radical (unpaired) electrons. The van der Waals surface area contributed by atoms with Crippen LogP contribution in [0.3, 0.4) is 0 Å². The standard InChI is InChI=1S/C16H19ClN2O/c17-12-5-6-14-15(11-12)18-8-7-16(14)19(9-10-20)13-3-1-2-4-13/h5-8,11,13,20H,1-4,9-10H2. The van der Waals surface area contributed by atoms with Crippen LogP contribution in [0, 0.1) is 0 Å². The molecule has 4 heteroatoms. The predicted octanol–water partition coefficient (Wildman–Crippen LogP) is 3.63. The monoisotopic (exact) mass is 290 g/mol. The molecule has 1 aromatic carbocycles. The van der Waals surface area contributed by atoms with Crippen LogP contribution < -0.4 is 4.90 Å². The quantitative estimate of drug-likeness (QED) is 0.934. The van der Waals surface area contributed by atoms with Crippen molar-refractivity contribution in [1.29, 1.82) is 0 Å². The molecular weight excluding hydrogens is 272 g/mol. The number of aliphatic hydroxyl groups excluding tert-OH is 1. The molecule has 0 amide bonds. The van der Waals surface area contributed by atoms with Gasteiger partial charge in [0.2, 0.25) is 0 Å². The largest absolute Gasteiger partial charge is 0.395 e. The second kappa shape index (κ2) is 5.98. The van der Waals surface area contributed by atoms with Crippen molar-refractivity contribution in [3.8, 4) is 0 Å². The molecule has 2 aromatic rings. The lowest BCUT2D eigenvalue weighted by Gasteiger charge is -2.31. The van der Waals surface area contributed by atoms with Gasteiger partial charge in [-0.05, 0) is 37.1 Å². The molecule has 0 saturated heterocycles. The van der Waals surface area contributed by atoms with Crippen molar-refractivity contribution in [3.05, 3.63) is 35.5 Å².